The normalized spacial score (nSPS) is 33.7. The van der Waals surface area contributed by atoms with Crippen molar-refractivity contribution in [1.29, 1.82) is 0 Å². The largest absolute Gasteiger partial charge is 0.507 e. The Morgan fingerprint density at radius 3 is 2.25 bits per heavy atom. The predicted molar refractivity (Wildman–Crippen MR) is 226 cm³/mol. The number of carbonyl (C=O) groups excluding carboxylic acids is 4. The van der Waals surface area contributed by atoms with Crippen LogP contribution in [0.3, 0.4) is 0 Å². The Kier molecular flexibility index (Phi) is 12.8. The highest BCUT2D eigenvalue weighted by Gasteiger charge is 2.54. The molecule has 15 heteroatoms. The number of aliphatic hydroxyl groups is 1. The van der Waals surface area contributed by atoms with E-state index in [9.17, 15) is 39.3 Å². The van der Waals surface area contributed by atoms with E-state index in [2.05, 4.69) is 15.5 Å². The molecule has 1 amide bonds. The molecule has 1 aromatic rings. The van der Waals surface area contributed by atoms with Crippen LogP contribution in [0.15, 0.2) is 52.5 Å². The number of likely N-dealkylation sites (tertiary alicyclic amines) is 1. The number of aromatic hydroxyl groups is 1. The minimum Gasteiger partial charge on any atom is -0.507 e. The first-order chi connectivity index (χ1) is 28.6. The van der Waals surface area contributed by atoms with Gasteiger partial charge in [0.25, 0.3) is 11.7 Å². The Hall–Kier alpha value is -5.28. The fraction of sp³-hybridized carbons (Fsp3) is 0.565. The average Bonchev–Trinajstić information content (AvgIpc) is 3.72. The Balaban J connectivity index is 1.46. The minimum absolute atomic E-state index is 0.0167. The molecule has 1 spiro atoms. The molecule has 5 bridgehead atoms. The number of nitrogens with zero attached hydrogens (tertiary/aromatic N) is 2. The van der Waals surface area contributed by atoms with Crippen molar-refractivity contribution < 1.29 is 53.5 Å². The molecule has 61 heavy (non-hydrogen) atoms. The molecule has 1 aliphatic carbocycles. The van der Waals surface area contributed by atoms with Crippen molar-refractivity contribution in [2.45, 2.75) is 112 Å². The molecule has 5 N–H and O–H groups in total. The van der Waals surface area contributed by atoms with E-state index in [-0.39, 0.29) is 80.8 Å². The number of aliphatic carboxylic acids is 1. The standard InChI is InChI=1S/C46H60N4O11/c1-22-16-21-59-45(9)43(57)34-32-33(39(55)29(8)42(34)61-45)40(56)37(36-35(32)48-46(49-36)17-19-50(10)20-18-46)47-44(58)24(3)13-11-12-23(2)41(60-31(53)15-14-30(51)52)28(7)38(54)27(6)26(5)25(22)4/h11-13,16,21-23,25-28,38,41,49,54-55H,14-15,17-20H2,1-10H3,(H,47,58)(H,51,52)/b12-11+,21-16+,24-13-/t22-,23-,25+,26+,27-,28-,38-,41-,45-/m0/s1. The van der Waals surface area contributed by atoms with Crippen LogP contribution in [-0.2, 0) is 23.9 Å². The monoisotopic (exact) mass is 844 g/mol. The number of phenolic OH excluding ortho intramolecular Hbond substituents is 1. The molecule has 330 valence electrons. The second-order valence-electron chi connectivity index (χ2n) is 17.9. The highest BCUT2D eigenvalue weighted by atomic mass is 16.7. The molecule has 5 heterocycles. The molecular formula is C46H60N4O11. The quantitative estimate of drug-likeness (QED) is 0.243. The van der Waals surface area contributed by atoms with E-state index < -0.39 is 77.1 Å². The molecule has 6 aliphatic rings. The van der Waals surface area contributed by atoms with Gasteiger partial charge in [-0.25, -0.2) is 0 Å². The third-order valence-electron chi connectivity index (χ3n) is 13.7. The van der Waals surface area contributed by atoms with Crippen LogP contribution in [0, 0.1) is 42.4 Å². The first kappa shape index (κ1) is 45.3. The van der Waals surface area contributed by atoms with Crippen molar-refractivity contribution >= 4 is 35.1 Å². The number of nitrogens with one attached hydrogen (secondary N) is 2. The lowest BCUT2D eigenvalue weighted by Gasteiger charge is -2.38. The number of carboxylic acids is 1. The Morgan fingerprint density at radius 1 is 0.918 bits per heavy atom. The SMILES string of the molecule is C/C1=C/C=C/[C@H](C)[C@H](OC(=O)CCC(=O)O)[C@@H](C)[C@@H](O)[C@@H](C)[C@H](C)[C@H](C)[C@@H](C)/C=C/O[C@@]2(C)Oc3c(C)c(O)c4c(c3C2=O)C2=NC3(CCN(C)CC3)NC2=C(NC1=O)C4=O. The van der Waals surface area contributed by atoms with Gasteiger partial charge in [0.15, 0.2) is 0 Å². The number of ether oxygens (including phenoxy) is 3. The summed E-state index contributed by atoms with van der Waals surface area (Å²) in [6.45, 7) is 17.6. The number of Topliss-reactive ketones (excluding diaryl/α,β-unsaturated/α-hetero) is 2. The summed E-state index contributed by atoms with van der Waals surface area (Å²) < 4.78 is 18.3. The van der Waals surface area contributed by atoms with Crippen LogP contribution in [0.5, 0.6) is 11.5 Å². The van der Waals surface area contributed by atoms with Gasteiger partial charge in [-0.15, -0.1) is 0 Å². The zero-order valence-electron chi connectivity index (χ0n) is 36.8. The van der Waals surface area contributed by atoms with Gasteiger partial charge >= 0.3 is 17.7 Å². The maximum absolute atomic E-state index is 14.7. The minimum atomic E-state index is -1.87. The van der Waals surface area contributed by atoms with Crippen LogP contribution in [-0.4, -0.2) is 99.1 Å². The van der Waals surface area contributed by atoms with Crippen LogP contribution in [0.1, 0.15) is 113 Å². The predicted octanol–water partition coefficient (Wildman–Crippen LogP) is 5.33. The molecule has 1 fully saturated rings. The molecule has 5 aliphatic heterocycles. The third kappa shape index (κ3) is 8.51. The smallest absolute Gasteiger partial charge is 0.312 e. The number of amides is 1. The Bertz CT molecular complexity index is 2160. The number of rotatable bonds is 4. The summed E-state index contributed by atoms with van der Waals surface area (Å²) in [5.74, 6) is -7.49. The van der Waals surface area contributed by atoms with Crippen LogP contribution in [0.2, 0.25) is 0 Å². The summed E-state index contributed by atoms with van der Waals surface area (Å²) >= 11 is 0. The summed E-state index contributed by atoms with van der Waals surface area (Å²) in [6.07, 6.45) is 6.75. The number of aliphatic hydroxyl groups excluding tert-OH is 1. The van der Waals surface area contributed by atoms with Crippen LogP contribution in [0.4, 0.5) is 0 Å². The van der Waals surface area contributed by atoms with Gasteiger partial charge in [0, 0.05) is 61.4 Å². The third-order valence-corrected chi connectivity index (χ3v) is 13.7. The van der Waals surface area contributed by atoms with E-state index in [0.717, 1.165) is 0 Å². The van der Waals surface area contributed by atoms with Crippen molar-refractivity contribution in [2.75, 3.05) is 20.1 Å². The van der Waals surface area contributed by atoms with Gasteiger partial charge in [-0.1, -0.05) is 59.8 Å². The Morgan fingerprint density at radius 2 is 1.59 bits per heavy atom. The zero-order chi connectivity index (χ0) is 44.9. The molecule has 1 aromatic carbocycles. The molecule has 0 radical (unpaired) electrons. The van der Waals surface area contributed by atoms with Gasteiger partial charge in [-0.05, 0) is 50.6 Å². The fourth-order valence-electron chi connectivity index (χ4n) is 9.02. The van der Waals surface area contributed by atoms with Crippen molar-refractivity contribution in [3.05, 3.63) is 69.8 Å². The molecule has 1 saturated heterocycles. The molecule has 0 saturated carbocycles. The number of hydrogen-bond donors (Lipinski definition) is 5. The summed E-state index contributed by atoms with van der Waals surface area (Å²) in [7, 11) is 2.00. The number of ketones is 2. The summed E-state index contributed by atoms with van der Waals surface area (Å²) in [4.78, 5) is 74.7. The van der Waals surface area contributed by atoms with Crippen molar-refractivity contribution in [3.63, 3.8) is 0 Å². The van der Waals surface area contributed by atoms with E-state index in [1.807, 2.05) is 47.7 Å². The van der Waals surface area contributed by atoms with Crippen LogP contribution < -0.4 is 15.4 Å². The van der Waals surface area contributed by atoms with E-state index in [1.54, 1.807) is 39.0 Å². The first-order valence-electron chi connectivity index (χ1n) is 21.2. The van der Waals surface area contributed by atoms with Crippen LogP contribution in [0.25, 0.3) is 0 Å². The van der Waals surface area contributed by atoms with Gasteiger partial charge < -0.3 is 45.1 Å². The molecular weight excluding hydrogens is 785 g/mol. The van der Waals surface area contributed by atoms with Crippen LogP contribution >= 0.6 is 0 Å². The van der Waals surface area contributed by atoms with Gasteiger partial charge in [0.05, 0.1) is 47.7 Å². The van der Waals surface area contributed by atoms with E-state index in [0.29, 0.717) is 25.9 Å². The Labute approximate surface area is 357 Å². The number of carbonyl (C=O) groups is 5. The highest BCUT2D eigenvalue weighted by molar-refractivity contribution is 6.34. The number of fused-ring (bicyclic) bond motifs is 13. The second-order valence-corrected chi connectivity index (χ2v) is 17.9. The van der Waals surface area contributed by atoms with Gasteiger partial charge in [-0.2, -0.15) is 0 Å². The number of carboxylic acid groups (broad SMARTS) is 1. The summed E-state index contributed by atoms with van der Waals surface area (Å²) in [6, 6.07) is 0. The second kappa shape index (κ2) is 17.2. The lowest BCUT2D eigenvalue weighted by Crippen LogP contribution is -2.49. The maximum atomic E-state index is 14.7. The maximum Gasteiger partial charge on any atom is 0.312 e. The number of allylic oxidation sites excluding steroid dienone is 5. The lowest BCUT2D eigenvalue weighted by atomic mass is 9.72. The molecule has 9 atom stereocenters. The van der Waals surface area contributed by atoms with Crippen molar-refractivity contribution in [1.82, 2.24) is 15.5 Å². The number of aliphatic imine (C=N–C) groups is 1. The summed E-state index contributed by atoms with van der Waals surface area (Å²) in [5.41, 5.74) is -0.102. The molecule has 0 aromatic heterocycles. The number of esters is 1. The number of phenols is 1. The molecule has 15 nitrogen and oxygen atoms in total. The topological polar surface area (TPSA) is 213 Å². The zero-order valence-corrected chi connectivity index (χ0v) is 36.8. The molecule has 0 unspecified atom stereocenters. The van der Waals surface area contributed by atoms with Gasteiger partial charge in [0.2, 0.25) is 5.78 Å². The van der Waals surface area contributed by atoms with Gasteiger partial charge in [-0.3, -0.25) is 29.0 Å². The van der Waals surface area contributed by atoms with E-state index in [1.165, 1.54) is 13.2 Å². The number of benzene rings is 1. The fourth-order valence-corrected chi connectivity index (χ4v) is 9.02. The number of piperidine rings is 1. The van der Waals surface area contributed by atoms with Gasteiger partial charge in [0.1, 0.15) is 29.0 Å². The highest BCUT2D eigenvalue weighted by Crippen LogP contribution is 2.50. The van der Waals surface area contributed by atoms with Crippen molar-refractivity contribution in [3.8, 4) is 11.5 Å². The average molecular weight is 845 g/mol. The first-order valence-corrected chi connectivity index (χ1v) is 21.2. The van der Waals surface area contributed by atoms with Crippen molar-refractivity contribution in [2.24, 2.45) is 40.5 Å². The van der Waals surface area contributed by atoms with E-state index >= 15 is 0 Å². The number of hydrogen-bond acceptors (Lipinski definition) is 13. The van der Waals surface area contributed by atoms with E-state index in [4.69, 9.17) is 19.2 Å². The lowest BCUT2D eigenvalue weighted by molar-refractivity contribution is -0.159. The molecule has 7 rings (SSSR count). The summed E-state index contributed by atoms with van der Waals surface area (Å²) in [5, 5.41) is 39.0.